The SMILES string of the molecule is C=C(Nc1nc(-c2ccc(Cl)cc2)nc2c1CCC2)c1ccccc1C(CC)CCC. The molecular weight excluding hydrogens is 402 g/mol. The van der Waals surface area contributed by atoms with Crippen molar-refractivity contribution in [2.45, 2.75) is 58.3 Å². The van der Waals surface area contributed by atoms with Crippen LogP contribution in [0.25, 0.3) is 17.1 Å². The smallest absolute Gasteiger partial charge is 0.161 e. The maximum absolute atomic E-state index is 6.07. The predicted molar refractivity (Wildman–Crippen MR) is 132 cm³/mol. The van der Waals surface area contributed by atoms with Crippen LogP contribution in [0, 0.1) is 0 Å². The van der Waals surface area contributed by atoms with E-state index in [2.05, 4.69) is 50.0 Å². The van der Waals surface area contributed by atoms with E-state index in [0.29, 0.717) is 10.9 Å². The molecule has 1 aromatic heterocycles. The zero-order valence-electron chi connectivity index (χ0n) is 18.4. The quantitative estimate of drug-likeness (QED) is 0.397. The number of benzene rings is 2. The summed E-state index contributed by atoms with van der Waals surface area (Å²) in [6.07, 6.45) is 6.59. The van der Waals surface area contributed by atoms with Crippen molar-refractivity contribution in [3.05, 3.63) is 82.5 Å². The van der Waals surface area contributed by atoms with E-state index in [1.165, 1.54) is 29.5 Å². The van der Waals surface area contributed by atoms with Gasteiger partial charge in [0.05, 0.1) is 0 Å². The first-order valence-corrected chi connectivity index (χ1v) is 11.7. The molecule has 1 unspecified atom stereocenters. The van der Waals surface area contributed by atoms with Crippen LogP contribution in [-0.4, -0.2) is 9.97 Å². The first kappa shape index (κ1) is 21.6. The lowest BCUT2D eigenvalue weighted by molar-refractivity contribution is 0.595. The lowest BCUT2D eigenvalue weighted by atomic mass is 9.88. The number of aryl methyl sites for hydroxylation is 1. The maximum Gasteiger partial charge on any atom is 0.161 e. The van der Waals surface area contributed by atoms with Crippen molar-refractivity contribution in [2.24, 2.45) is 0 Å². The Kier molecular flexibility index (Phi) is 6.72. The average molecular weight is 432 g/mol. The summed E-state index contributed by atoms with van der Waals surface area (Å²) >= 11 is 6.07. The van der Waals surface area contributed by atoms with Crippen molar-refractivity contribution in [3.8, 4) is 11.4 Å². The minimum Gasteiger partial charge on any atom is -0.340 e. The van der Waals surface area contributed by atoms with Gasteiger partial charge in [-0.2, -0.15) is 0 Å². The molecule has 1 atom stereocenters. The van der Waals surface area contributed by atoms with Crippen molar-refractivity contribution in [3.63, 3.8) is 0 Å². The number of halogens is 1. The second-order valence-electron chi connectivity index (χ2n) is 8.27. The van der Waals surface area contributed by atoms with Gasteiger partial charge in [-0.15, -0.1) is 0 Å². The third kappa shape index (κ3) is 4.67. The first-order valence-electron chi connectivity index (χ1n) is 11.3. The summed E-state index contributed by atoms with van der Waals surface area (Å²) in [6.45, 7) is 8.93. The van der Waals surface area contributed by atoms with Crippen LogP contribution in [0.2, 0.25) is 5.02 Å². The Morgan fingerprint density at radius 1 is 1.06 bits per heavy atom. The largest absolute Gasteiger partial charge is 0.340 e. The predicted octanol–water partition coefficient (Wildman–Crippen LogP) is 7.66. The Morgan fingerprint density at radius 2 is 1.84 bits per heavy atom. The molecule has 0 radical (unpaired) electrons. The fraction of sp³-hybridized carbons (Fsp3) is 0.333. The Labute approximate surface area is 190 Å². The fourth-order valence-corrected chi connectivity index (χ4v) is 4.66. The number of nitrogens with one attached hydrogen (secondary N) is 1. The molecule has 31 heavy (non-hydrogen) atoms. The van der Waals surface area contributed by atoms with Gasteiger partial charge in [0.15, 0.2) is 5.82 Å². The second kappa shape index (κ2) is 9.65. The number of nitrogens with zero attached hydrogens (tertiary/aromatic N) is 2. The third-order valence-corrected chi connectivity index (χ3v) is 6.41. The topological polar surface area (TPSA) is 37.8 Å². The number of hydrogen-bond donors (Lipinski definition) is 1. The second-order valence-corrected chi connectivity index (χ2v) is 8.70. The summed E-state index contributed by atoms with van der Waals surface area (Å²) in [5, 5.41) is 4.28. The Balaban J connectivity index is 1.69. The molecule has 1 aliphatic rings. The van der Waals surface area contributed by atoms with Crippen molar-refractivity contribution in [1.82, 2.24) is 9.97 Å². The van der Waals surface area contributed by atoms with Gasteiger partial charge in [0, 0.05) is 33.1 Å². The van der Waals surface area contributed by atoms with Crippen molar-refractivity contribution in [2.75, 3.05) is 5.32 Å². The van der Waals surface area contributed by atoms with Crippen molar-refractivity contribution >= 4 is 23.1 Å². The highest BCUT2D eigenvalue weighted by molar-refractivity contribution is 6.30. The Morgan fingerprint density at radius 3 is 2.58 bits per heavy atom. The molecule has 0 saturated heterocycles. The highest BCUT2D eigenvalue weighted by Gasteiger charge is 2.21. The van der Waals surface area contributed by atoms with Gasteiger partial charge in [0.2, 0.25) is 0 Å². The molecule has 0 bridgehead atoms. The summed E-state index contributed by atoms with van der Waals surface area (Å²) in [4.78, 5) is 9.77. The maximum atomic E-state index is 6.07. The molecule has 4 rings (SSSR count). The van der Waals surface area contributed by atoms with Crippen molar-refractivity contribution < 1.29 is 0 Å². The molecule has 1 heterocycles. The van der Waals surface area contributed by atoms with Crippen LogP contribution in [0.3, 0.4) is 0 Å². The molecule has 0 spiro atoms. The zero-order chi connectivity index (χ0) is 21.8. The average Bonchev–Trinajstić information content (AvgIpc) is 3.27. The van der Waals surface area contributed by atoms with E-state index >= 15 is 0 Å². The summed E-state index contributed by atoms with van der Waals surface area (Å²) < 4.78 is 0. The van der Waals surface area contributed by atoms with E-state index in [1.54, 1.807) is 0 Å². The number of fused-ring (bicyclic) bond motifs is 1. The highest BCUT2D eigenvalue weighted by atomic mass is 35.5. The first-order chi connectivity index (χ1) is 15.1. The molecule has 0 aliphatic heterocycles. The fourth-order valence-electron chi connectivity index (χ4n) is 4.53. The van der Waals surface area contributed by atoms with E-state index in [-0.39, 0.29) is 0 Å². The van der Waals surface area contributed by atoms with Crippen LogP contribution >= 0.6 is 11.6 Å². The molecule has 160 valence electrons. The van der Waals surface area contributed by atoms with Gasteiger partial charge in [-0.25, -0.2) is 9.97 Å². The number of hydrogen-bond acceptors (Lipinski definition) is 3. The van der Waals surface area contributed by atoms with Crippen molar-refractivity contribution in [1.29, 1.82) is 0 Å². The molecule has 4 heteroatoms. The molecule has 2 aromatic carbocycles. The lowest BCUT2D eigenvalue weighted by Gasteiger charge is -2.21. The number of aromatic nitrogens is 2. The third-order valence-electron chi connectivity index (χ3n) is 6.16. The van der Waals surface area contributed by atoms with Crippen LogP contribution in [0.15, 0.2) is 55.1 Å². The van der Waals surface area contributed by atoms with Gasteiger partial charge in [0.25, 0.3) is 0 Å². The van der Waals surface area contributed by atoms with Gasteiger partial charge >= 0.3 is 0 Å². The van der Waals surface area contributed by atoms with E-state index in [9.17, 15) is 0 Å². The van der Waals surface area contributed by atoms with Gasteiger partial charge in [-0.1, -0.05) is 62.7 Å². The molecule has 3 nitrogen and oxygen atoms in total. The van der Waals surface area contributed by atoms with E-state index < -0.39 is 0 Å². The standard InChI is InChI=1S/C27H30ClN3/c1-4-9-19(5-2)23-11-7-6-10-22(23)18(3)29-27-24-12-8-13-25(24)30-26(31-27)20-14-16-21(28)17-15-20/h6-7,10-11,14-17,19H,3-5,8-9,12-13H2,1-2H3,(H,29,30,31). The molecule has 1 N–H and O–H groups in total. The summed E-state index contributed by atoms with van der Waals surface area (Å²) in [5.41, 5.74) is 6.79. The molecule has 0 saturated carbocycles. The number of anilines is 1. The monoisotopic (exact) mass is 431 g/mol. The van der Waals surface area contributed by atoms with E-state index in [0.717, 1.165) is 54.3 Å². The van der Waals surface area contributed by atoms with Crippen LogP contribution < -0.4 is 5.32 Å². The lowest BCUT2D eigenvalue weighted by Crippen LogP contribution is -2.09. The van der Waals surface area contributed by atoms with E-state index in [4.69, 9.17) is 21.6 Å². The number of rotatable bonds is 8. The Hall–Kier alpha value is -2.65. The van der Waals surface area contributed by atoms with Crippen LogP contribution in [0.4, 0.5) is 5.82 Å². The summed E-state index contributed by atoms with van der Waals surface area (Å²) in [5.74, 6) is 2.16. The normalized spacial score (nSPS) is 13.6. The zero-order valence-corrected chi connectivity index (χ0v) is 19.2. The summed E-state index contributed by atoms with van der Waals surface area (Å²) in [6, 6.07) is 16.4. The molecule has 1 aliphatic carbocycles. The summed E-state index contributed by atoms with van der Waals surface area (Å²) in [7, 11) is 0. The molecule has 0 amide bonds. The molecule has 3 aromatic rings. The van der Waals surface area contributed by atoms with Gasteiger partial charge in [-0.3, -0.25) is 0 Å². The van der Waals surface area contributed by atoms with Crippen LogP contribution in [-0.2, 0) is 12.8 Å². The van der Waals surface area contributed by atoms with Gasteiger partial charge < -0.3 is 5.32 Å². The van der Waals surface area contributed by atoms with Gasteiger partial charge in [-0.05, 0) is 67.9 Å². The van der Waals surface area contributed by atoms with Gasteiger partial charge in [0.1, 0.15) is 5.82 Å². The Bertz CT molecular complexity index is 1070. The highest BCUT2D eigenvalue weighted by Crippen LogP contribution is 2.34. The molecular formula is C27H30ClN3. The van der Waals surface area contributed by atoms with Crippen LogP contribution in [0.1, 0.15) is 67.8 Å². The molecule has 0 fully saturated rings. The van der Waals surface area contributed by atoms with E-state index in [1.807, 2.05) is 24.3 Å². The minimum atomic E-state index is 0.542. The van der Waals surface area contributed by atoms with Crippen LogP contribution in [0.5, 0.6) is 0 Å². The minimum absolute atomic E-state index is 0.542.